The molecule has 1 unspecified atom stereocenters. The molecule has 78 valence electrons. The van der Waals surface area contributed by atoms with E-state index in [0.29, 0.717) is 0 Å². The molecular weight excluding hydrogens is 186 g/mol. The average Bonchev–Trinajstić information content (AvgIpc) is 2.57. The lowest BCUT2D eigenvalue weighted by Gasteiger charge is -2.21. The van der Waals surface area contributed by atoms with E-state index in [2.05, 4.69) is 0 Å². The summed E-state index contributed by atoms with van der Waals surface area (Å²) < 4.78 is 21.5. The quantitative estimate of drug-likeness (QED) is 0.611. The van der Waals surface area contributed by atoms with Gasteiger partial charge in [0.1, 0.15) is 12.2 Å². The third kappa shape index (κ3) is 1.41. The zero-order valence-electron chi connectivity index (χ0n) is 8.39. The van der Waals surface area contributed by atoms with Gasteiger partial charge < -0.3 is 18.9 Å². The van der Waals surface area contributed by atoms with Crippen molar-refractivity contribution in [2.75, 3.05) is 7.11 Å². The summed E-state index contributed by atoms with van der Waals surface area (Å²) >= 11 is 0. The number of ether oxygens (including phenoxy) is 4. The van der Waals surface area contributed by atoms with Gasteiger partial charge in [-0.1, -0.05) is 0 Å². The summed E-state index contributed by atoms with van der Waals surface area (Å²) in [6.07, 6.45) is -1.77. The maximum atomic E-state index is 8.83. The van der Waals surface area contributed by atoms with Crippen molar-refractivity contribution >= 4 is 0 Å². The topological polar surface area (TPSA) is 60.7 Å². The highest BCUT2D eigenvalue weighted by Crippen LogP contribution is 2.38. The Hall–Kier alpha value is -0.670. The van der Waals surface area contributed by atoms with Crippen LogP contribution in [0.4, 0.5) is 0 Å². The monoisotopic (exact) mass is 199 g/mol. The average molecular weight is 199 g/mol. The number of nitrogens with zero attached hydrogens (tertiary/aromatic N) is 1. The van der Waals surface area contributed by atoms with Gasteiger partial charge in [0.25, 0.3) is 0 Å². The van der Waals surface area contributed by atoms with Crippen LogP contribution in [0.1, 0.15) is 13.8 Å². The Kier molecular flexibility index (Phi) is 2.24. The van der Waals surface area contributed by atoms with Crippen molar-refractivity contribution in [1.29, 1.82) is 5.26 Å². The molecule has 2 heterocycles. The zero-order valence-corrected chi connectivity index (χ0v) is 8.39. The van der Waals surface area contributed by atoms with Crippen molar-refractivity contribution in [2.45, 2.75) is 44.2 Å². The Morgan fingerprint density at radius 3 is 2.50 bits per heavy atom. The van der Waals surface area contributed by atoms with Gasteiger partial charge in [-0.3, -0.25) is 0 Å². The second-order valence-electron chi connectivity index (χ2n) is 3.85. The molecule has 4 atom stereocenters. The molecule has 2 aliphatic rings. The number of rotatable bonds is 1. The first-order chi connectivity index (χ1) is 6.57. The van der Waals surface area contributed by atoms with E-state index in [1.54, 1.807) is 0 Å². The summed E-state index contributed by atoms with van der Waals surface area (Å²) in [7, 11) is 1.52. The van der Waals surface area contributed by atoms with Gasteiger partial charge >= 0.3 is 0 Å². The molecule has 0 aromatic heterocycles. The molecule has 0 aliphatic carbocycles. The van der Waals surface area contributed by atoms with E-state index in [-0.39, 0.29) is 12.2 Å². The molecule has 0 N–H and O–H groups in total. The number of nitriles is 1. The fourth-order valence-corrected chi connectivity index (χ4v) is 1.85. The number of fused-ring (bicyclic) bond motifs is 1. The Balaban J connectivity index is 2.17. The van der Waals surface area contributed by atoms with Crippen LogP contribution >= 0.6 is 0 Å². The minimum Gasteiger partial charge on any atom is -0.353 e. The minimum atomic E-state index is -0.662. The molecule has 0 amide bonds. The molecule has 14 heavy (non-hydrogen) atoms. The Morgan fingerprint density at radius 2 is 1.93 bits per heavy atom. The van der Waals surface area contributed by atoms with Gasteiger partial charge in [0.15, 0.2) is 18.2 Å². The van der Waals surface area contributed by atoms with Crippen LogP contribution in [-0.4, -0.2) is 37.5 Å². The number of hydrogen-bond donors (Lipinski definition) is 0. The number of methoxy groups -OCH3 is 1. The fraction of sp³-hybridized carbons (Fsp3) is 0.889. The van der Waals surface area contributed by atoms with Crippen molar-refractivity contribution in [3.63, 3.8) is 0 Å². The van der Waals surface area contributed by atoms with Gasteiger partial charge in [0.2, 0.25) is 0 Å². The summed E-state index contributed by atoms with van der Waals surface area (Å²) in [5, 5.41) is 8.83. The second kappa shape index (κ2) is 3.17. The highest BCUT2D eigenvalue weighted by molar-refractivity contribution is 5.04. The van der Waals surface area contributed by atoms with Crippen molar-refractivity contribution < 1.29 is 18.9 Å². The highest BCUT2D eigenvalue weighted by atomic mass is 16.8. The van der Waals surface area contributed by atoms with Crippen LogP contribution in [0.25, 0.3) is 0 Å². The fourth-order valence-electron chi connectivity index (χ4n) is 1.85. The first kappa shape index (κ1) is 9.87. The van der Waals surface area contributed by atoms with Gasteiger partial charge in [-0.05, 0) is 13.8 Å². The van der Waals surface area contributed by atoms with Crippen LogP contribution in [0.15, 0.2) is 0 Å². The minimum absolute atomic E-state index is 0.306. The summed E-state index contributed by atoms with van der Waals surface area (Å²) in [5.74, 6) is -0.662. The van der Waals surface area contributed by atoms with Gasteiger partial charge in [-0.2, -0.15) is 5.26 Å². The van der Waals surface area contributed by atoms with Gasteiger partial charge in [-0.15, -0.1) is 0 Å². The lowest BCUT2D eigenvalue weighted by atomic mass is 10.1. The van der Waals surface area contributed by atoms with Crippen LogP contribution in [0.5, 0.6) is 0 Å². The molecule has 5 nitrogen and oxygen atoms in total. The maximum Gasteiger partial charge on any atom is 0.188 e. The van der Waals surface area contributed by atoms with E-state index in [9.17, 15) is 0 Å². The summed E-state index contributed by atoms with van der Waals surface area (Å²) in [6.45, 7) is 3.62. The predicted molar refractivity (Wildman–Crippen MR) is 45.1 cm³/mol. The molecule has 2 fully saturated rings. The van der Waals surface area contributed by atoms with Crippen molar-refractivity contribution in [1.82, 2.24) is 0 Å². The van der Waals surface area contributed by atoms with Crippen LogP contribution in [-0.2, 0) is 18.9 Å². The predicted octanol–water partition coefficient (Wildman–Crippen LogP) is 0.401. The molecule has 2 rings (SSSR count). The lowest BCUT2D eigenvalue weighted by Crippen LogP contribution is -2.30. The smallest absolute Gasteiger partial charge is 0.188 e. The Morgan fingerprint density at radius 1 is 1.29 bits per heavy atom. The van der Waals surface area contributed by atoms with Crippen LogP contribution < -0.4 is 0 Å². The zero-order chi connectivity index (χ0) is 10.3. The van der Waals surface area contributed by atoms with Gasteiger partial charge in [0.05, 0.1) is 6.07 Å². The summed E-state index contributed by atoms with van der Waals surface area (Å²) in [5.41, 5.74) is 0. The Bertz CT molecular complexity index is 272. The van der Waals surface area contributed by atoms with Crippen LogP contribution in [0, 0.1) is 11.3 Å². The van der Waals surface area contributed by atoms with Crippen LogP contribution in [0.2, 0.25) is 0 Å². The molecule has 0 aromatic rings. The van der Waals surface area contributed by atoms with Crippen molar-refractivity contribution in [2.24, 2.45) is 0 Å². The highest BCUT2D eigenvalue weighted by Gasteiger charge is 2.55. The normalized spacial score (nSPS) is 44.7. The molecule has 0 aromatic carbocycles. The largest absolute Gasteiger partial charge is 0.353 e. The third-order valence-corrected chi connectivity index (χ3v) is 2.37. The van der Waals surface area contributed by atoms with E-state index in [4.69, 9.17) is 24.2 Å². The Labute approximate surface area is 82.5 Å². The molecule has 0 radical (unpaired) electrons. The maximum absolute atomic E-state index is 8.83. The standard InChI is InChI=1S/C9H13NO4/c1-9(2)13-6-5(4-10)12-8(11-3)7(6)14-9/h5-8H,1-3H3/t5-,6-,7-,8?/m1/s1. The van der Waals surface area contributed by atoms with E-state index in [1.165, 1.54) is 7.11 Å². The van der Waals surface area contributed by atoms with E-state index in [0.717, 1.165) is 0 Å². The van der Waals surface area contributed by atoms with E-state index >= 15 is 0 Å². The second-order valence-corrected chi connectivity index (χ2v) is 3.85. The van der Waals surface area contributed by atoms with Crippen molar-refractivity contribution in [3.05, 3.63) is 0 Å². The molecule has 2 aliphatic heterocycles. The summed E-state index contributed by atoms with van der Waals surface area (Å²) in [4.78, 5) is 0. The molecule has 0 saturated carbocycles. The van der Waals surface area contributed by atoms with Gasteiger partial charge in [0, 0.05) is 7.11 Å². The third-order valence-electron chi connectivity index (χ3n) is 2.37. The first-order valence-corrected chi connectivity index (χ1v) is 4.51. The molecule has 0 bridgehead atoms. The molecule has 0 spiro atoms. The molecular formula is C9H13NO4. The van der Waals surface area contributed by atoms with E-state index < -0.39 is 18.2 Å². The van der Waals surface area contributed by atoms with Crippen LogP contribution in [0.3, 0.4) is 0 Å². The molecule has 2 saturated heterocycles. The first-order valence-electron chi connectivity index (χ1n) is 4.51. The van der Waals surface area contributed by atoms with E-state index in [1.807, 2.05) is 19.9 Å². The summed E-state index contributed by atoms with van der Waals surface area (Å²) in [6, 6.07) is 2.03. The van der Waals surface area contributed by atoms with Gasteiger partial charge in [-0.25, -0.2) is 0 Å². The SMILES string of the molecule is COC1O[C@H](C#N)[C@H]2OC(C)(C)O[C@@H]12. The lowest BCUT2D eigenvalue weighted by molar-refractivity contribution is -0.220. The van der Waals surface area contributed by atoms with Crippen molar-refractivity contribution in [3.8, 4) is 6.07 Å². The molecule has 5 heteroatoms. The number of hydrogen-bond acceptors (Lipinski definition) is 5.